The lowest BCUT2D eigenvalue weighted by Crippen LogP contribution is -2.07. The molecule has 4 aromatic rings. The maximum Gasteiger partial charge on any atom is 0.231 e. The topological polar surface area (TPSA) is 85.2 Å². The molecule has 0 spiro atoms. The van der Waals surface area contributed by atoms with Gasteiger partial charge in [-0.25, -0.2) is 9.97 Å². The van der Waals surface area contributed by atoms with E-state index >= 15 is 0 Å². The zero-order valence-electron chi connectivity index (χ0n) is 15.4. The van der Waals surface area contributed by atoms with Crippen LogP contribution in [0.4, 0.5) is 0 Å². The van der Waals surface area contributed by atoms with E-state index in [-0.39, 0.29) is 19.3 Å². The van der Waals surface area contributed by atoms with Crippen molar-refractivity contribution in [2.75, 3.05) is 6.79 Å². The molecule has 0 fully saturated rings. The molecule has 1 aliphatic heterocycles. The summed E-state index contributed by atoms with van der Waals surface area (Å²) in [6.45, 7) is 2.35. The fourth-order valence-electron chi connectivity index (χ4n) is 3.69. The smallest absolute Gasteiger partial charge is 0.231 e. The largest absolute Gasteiger partial charge is 0.454 e. The molecule has 1 unspecified atom stereocenters. The molecule has 1 aliphatic rings. The Hall–Kier alpha value is -3.32. The summed E-state index contributed by atoms with van der Waals surface area (Å²) in [5, 5.41) is 9.28. The van der Waals surface area contributed by atoms with Gasteiger partial charge in [0, 0.05) is 24.0 Å². The molecule has 2 aromatic heterocycles. The Morgan fingerprint density at radius 1 is 1.18 bits per heavy atom. The number of imidazole rings is 2. The number of benzene rings is 2. The number of H-pyrrole nitrogens is 1. The summed E-state index contributed by atoms with van der Waals surface area (Å²) in [5.74, 6) is 3.36. The zero-order valence-corrected chi connectivity index (χ0v) is 15.4. The van der Waals surface area contributed by atoms with Crippen LogP contribution < -0.4 is 9.47 Å². The molecule has 2 N–H and O–H groups in total. The highest BCUT2D eigenvalue weighted by atomic mass is 16.7. The molecule has 1 atom stereocenters. The molecular weight excluding hydrogens is 356 g/mol. The van der Waals surface area contributed by atoms with Gasteiger partial charge in [-0.05, 0) is 42.3 Å². The van der Waals surface area contributed by atoms with E-state index < -0.39 is 0 Å². The zero-order chi connectivity index (χ0) is 19.1. The van der Waals surface area contributed by atoms with Gasteiger partial charge in [-0.15, -0.1) is 0 Å². The third-order valence-corrected chi connectivity index (χ3v) is 5.03. The predicted molar refractivity (Wildman–Crippen MR) is 104 cm³/mol. The van der Waals surface area contributed by atoms with E-state index in [0.29, 0.717) is 5.82 Å². The predicted octanol–water partition coefficient (Wildman–Crippen LogP) is 3.32. The third kappa shape index (κ3) is 2.90. The van der Waals surface area contributed by atoms with Crippen LogP contribution in [0.2, 0.25) is 0 Å². The first kappa shape index (κ1) is 16.8. The number of hydrogen-bond acceptors (Lipinski definition) is 5. The van der Waals surface area contributed by atoms with Gasteiger partial charge in [-0.1, -0.05) is 13.0 Å². The van der Waals surface area contributed by atoms with Crippen molar-refractivity contribution in [1.82, 2.24) is 19.5 Å². The number of hydrogen-bond donors (Lipinski definition) is 2. The molecule has 5 rings (SSSR count). The molecule has 2 aromatic carbocycles. The van der Waals surface area contributed by atoms with Gasteiger partial charge < -0.3 is 24.1 Å². The Bertz CT molecular complexity index is 1150. The number of nitrogens with one attached hydrogen (secondary N) is 1. The molecular formula is C21H20N4O3. The van der Waals surface area contributed by atoms with Crippen LogP contribution in [0.15, 0.2) is 48.8 Å². The van der Waals surface area contributed by atoms with Crippen molar-refractivity contribution in [3.05, 3.63) is 66.0 Å². The van der Waals surface area contributed by atoms with E-state index in [1.54, 1.807) is 0 Å². The van der Waals surface area contributed by atoms with E-state index in [1.165, 1.54) is 5.56 Å². The van der Waals surface area contributed by atoms with Crippen molar-refractivity contribution < 1.29 is 14.6 Å². The molecule has 0 amide bonds. The highest BCUT2D eigenvalue weighted by molar-refractivity contribution is 5.77. The van der Waals surface area contributed by atoms with Crippen LogP contribution in [-0.4, -0.2) is 31.4 Å². The standard InChI is InChI=1S/C21H20N4O3/c1-13(8-14-2-5-18-19(9-14)28-12-27-18)21-22-6-7-25(21)15-3-4-16-17(10-15)24-20(11-26)23-16/h2-7,9-10,13,26H,8,11-12H2,1H3,(H,23,24). The molecule has 0 bridgehead atoms. The third-order valence-electron chi connectivity index (χ3n) is 5.03. The minimum absolute atomic E-state index is 0.104. The quantitative estimate of drug-likeness (QED) is 0.558. The molecule has 0 saturated heterocycles. The van der Waals surface area contributed by atoms with Crippen LogP contribution in [-0.2, 0) is 13.0 Å². The Labute approximate surface area is 161 Å². The normalized spacial score (nSPS) is 13.9. The van der Waals surface area contributed by atoms with Gasteiger partial charge in [0.2, 0.25) is 6.79 Å². The van der Waals surface area contributed by atoms with Crippen molar-refractivity contribution in [1.29, 1.82) is 0 Å². The first-order valence-corrected chi connectivity index (χ1v) is 9.23. The average Bonchev–Trinajstić information content (AvgIpc) is 3.44. The van der Waals surface area contributed by atoms with Crippen LogP contribution in [0.25, 0.3) is 16.7 Å². The monoisotopic (exact) mass is 376 g/mol. The molecule has 142 valence electrons. The van der Waals surface area contributed by atoms with Crippen molar-refractivity contribution in [3.8, 4) is 17.2 Å². The van der Waals surface area contributed by atoms with Crippen molar-refractivity contribution in [3.63, 3.8) is 0 Å². The molecule has 3 heterocycles. The summed E-state index contributed by atoms with van der Waals surface area (Å²) in [4.78, 5) is 12.1. The second kappa shape index (κ2) is 6.69. The van der Waals surface area contributed by atoms with E-state index in [9.17, 15) is 5.11 Å². The first-order valence-electron chi connectivity index (χ1n) is 9.23. The van der Waals surface area contributed by atoms with Crippen LogP contribution in [0, 0.1) is 0 Å². The van der Waals surface area contributed by atoms with Gasteiger partial charge in [0.05, 0.1) is 11.0 Å². The molecule has 0 radical (unpaired) electrons. The molecule has 7 nitrogen and oxygen atoms in total. The maximum absolute atomic E-state index is 9.28. The number of aliphatic hydroxyl groups is 1. The molecule has 0 aliphatic carbocycles. The lowest BCUT2D eigenvalue weighted by atomic mass is 10.00. The number of fused-ring (bicyclic) bond motifs is 2. The number of nitrogens with zero attached hydrogens (tertiary/aromatic N) is 3. The van der Waals surface area contributed by atoms with E-state index in [0.717, 1.165) is 40.5 Å². The second-order valence-electron chi connectivity index (χ2n) is 6.99. The van der Waals surface area contributed by atoms with E-state index in [2.05, 4.69) is 32.5 Å². The van der Waals surface area contributed by atoms with Gasteiger partial charge in [0.15, 0.2) is 11.5 Å². The van der Waals surface area contributed by atoms with Gasteiger partial charge in [-0.2, -0.15) is 0 Å². The summed E-state index contributed by atoms with van der Waals surface area (Å²) in [6, 6.07) is 12.1. The summed E-state index contributed by atoms with van der Waals surface area (Å²) < 4.78 is 13.0. The van der Waals surface area contributed by atoms with Crippen molar-refractivity contribution in [2.45, 2.75) is 25.9 Å². The van der Waals surface area contributed by atoms with E-state index in [4.69, 9.17) is 9.47 Å². The number of ether oxygens (including phenoxy) is 2. The highest BCUT2D eigenvalue weighted by Gasteiger charge is 2.18. The lowest BCUT2D eigenvalue weighted by molar-refractivity contribution is 0.174. The van der Waals surface area contributed by atoms with Crippen LogP contribution >= 0.6 is 0 Å². The van der Waals surface area contributed by atoms with Crippen molar-refractivity contribution >= 4 is 11.0 Å². The average molecular weight is 376 g/mol. The van der Waals surface area contributed by atoms with Gasteiger partial charge in [0.1, 0.15) is 18.3 Å². The minimum atomic E-state index is -0.104. The van der Waals surface area contributed by atoms with Gasteiger partial charge in [-0.3, -0.25) is 0 Å². The Morgan fingerprint density at radius 3 is 2.96 bits per heavy atom. The maximum atomic E-state index is 9.28. The van der Waals surface area contributed by atoms with Gasteiger partial charge >= 0.3 is 0 Å². The minimum Gasteiger partial charge on any atom is -0.454 e. The summed E-state index contributed by atoms with van der Waals surface area (Å²) in [5.41, 5.74) is 3.92. The Kier molecular flexibility index (Phi) is 4.02. The van der Waals surface area contributed by atoms with Crippen LogP contribution in [0.3, 0.4) is 0 Å². The Morgan fingerprint density at radius 2 is 2.07 bits per heavy atom. The van der Waals surface area contributed by atoms with Crippen molar-refractivity contribution in [2.24, 2.45) is 0 Å². The molecule has 28 heavy (non-hydrogen) atoms. The van der Waals surface area contributed by atoms with E-state index in [1.807, 2.05) is 42.7 Å². The second-order valence-corrected chi connectivity index (χ2v) is 6.99. The fourth-order valence-corrected chi connectivity index (χ4v) is 3.69. The molecule has 7 heteroatoms. The van der Waals surface area contributed by atoms with Crippen LogP contribution in [0.1, 0.15) is 30.1 Å². The number of rotatable bonds is 5. The summed E-state index contributed by atoms with van der Waals surface area (Å²) in [6.07, 6.45) is 4.63. The van der Waals surface area contributed by atoms with Crippen LogP contribution in [0.5, 0.6) is 11.5 Å². The number of aromatic amines is 1. The summed E-state index contributed by atoms with van der Waals surface area (Å²) >= 11 is 0. The summed E-state index contributed by atoms with van der Waals surface area (Å²) in [7, 11) is 0. The Balaban J connectivity index is 1.43. The fraction of sp³-hybridized carbons (Fsp3) is 0.238. The number of aromatic nitrogens is 4. The van der Waals surface area contributed by atoms with Gasteiger partial charge in [0.25, 0.3) is 0 Å². The number of aliphatic hydroxyl groups excluding tert-OH is 1. The highest BCUT2D eigenvalue weighted by Crippen LogP contribution is 2.34. The first-order chi connectivity index (χ1) is 13.7. The SMILES string of the molecule is CC(Cc1ccc2c(c1)OCO2)c1nccn1-c1ccc2nc(CO)[nH]c2c1. The lowest BCUT2D eigenvalue weighted by Gasteiger charge is -2.15. The molecule has 0 saturated carbocycles.